The second kappa shape index (κ2) is 7.53. The summed E-state index contributed by atoms with van der Waals surface area (Å²) in [5.41, 5.74) is 0. The molecule has 90 valence electrons. The van der Waals surface area contributed by atoms with Gasteiger partial charge >= 0.3 is 0 Å². The fraction of sp³-hybridized carbons (Fsp3) is 1.00. The molecule has 3 unspecified atom stereocenters. The second-order valence-corrected chi connectivity index (χ2v) is 5.76. The standard InChI is InChI=1S/C12H26N2S/c1-10(6-8-15-3)14-11(2)9-12-5-4-7-13-12/h10-14H,4-9H2,1-3H3. The van der Waals surface area contributed by atoms with E-state index in [9.17, 15) is 0 Å². The van der Waals surface area contributed by atoms with Crippen molar-refractivity contribution in [3.05, 3.63) is 0 Å². The third-order valence-electron chi connectivity index (χ3n) is 3.12. The molecule has 0 saturated carbocycles. The highest BCUT2D eigenvalue weighted by atomic mass is 32.2. The lowest BCUT2D eigenvalue weighted by Crippen LogP contribution is -2.39. The van der Waals surface area contributed by atoms with E-state index in [-0.39, 0.29) is 0 Å². The SMILES string of the molecule is CSCCC(C)NC(C)CC1CCCN1. The number of thioether (sulfide) groups is 1. The van der Waals surface area contributed by atoms with Gasteiger partial charge in [0.05, 0.1) is 0 Å². The highest BCUT2D eigenvalue weighted by Crippen LogP contribution is 2.11. The Hall–Kier alpha value is 0.270. The van der Waals surface area contributed by atoms with Crippen LogP contribution < -0.4 is 10.6 Å². The molecule has 0 amide bonds. The minimum absolute atomic E-state index is 0.650. The summed E-state index contributed by atoms with van der Waals surface area (Å²) < 4.78 is 0. The smallest absolute Gasteiger partial charge is 0.00822 e. The van der Waals surface area contributed by atoms with Crippen molar-refractivity contribution in [2.75, 3.05) is 18.6 Å². The minimum atomic E-state index is 0.650. The van der Waals surface area contributed by atoms with Crippen LogP contribution in [0.25, 0.3) is 0 Å². The van der Waals surface area contributed by atoms with E-state index >= 15 is 0 Å². The molecular weight excluding hydrogens is 204 g/mol. The van der Waals surface area contributed by atoms with Crippen LogP contribution in [0.5, 0.6) is 0 Å². The predicted molar refractivity (Wildman–Crippen MR) is 70.7 cm³/mol. The van der Waals surface area contributed by atoms with E-state index in [4.69, 9.17) is 0 Å². The van der Waals surface area contributed by atoms with Crippen molar-refractivity contribution in [3.63, 3.8) is 0 Å². The molecule has 3 heteroatoms. The average Bonchev–Trinajstić information content (AvgIpc) is 2.67. The first kappa shape index (κ1) is 13.3. The highest BCUT2D eigenvalue weighted by molar-refractivity contribution is 7.98. The molecule has 0 aromatic heterocycles. The first-order valence-corrected chi connectivity index (χ1v) is 7.60. The van der Waals surface area contributed by atoms with Gasteiger partial charge in [0.15, 0.2) is 0 Å². The van der Waals surface area contributed by atoms with E-state index in [0.29, 0.717) is 12.1 Å². The quantitative estimate of drug-likeness (QED) is 0.701. The summed E-state index contributed by atoms with van der Waals surface area (Å²) in [5.74, 6) is 1.27. The van der Waals surface area contributed by atoms with Gasteiger partial charge in [-0.2, -0.15) is 11.8 Å². The monoisotopic (exact) mass is 230 g/mol. The van der Waals surface area contributed by atoms with Crippen LogP contribution in [0.4, 0.5) is 0 Å². The molecule has 2 N–H and O–H groups in total. The second-order valence-electron chi connectivity index (χ2n) is 4.78. The molecule has 1 saturated heterocycles. The molecular formula is C12H26N2S. The van der Waals surface area contributed by atoms with Crippen LogP contribution in [0, 0.1) is 0 Å². The Kier molecular flexibility index (Phi) is 6.69. The summed E-state index contributed by atoms with van der Waals surface area (Å²) in [4.78, 5) is 0. The Balaban J connectivity index is 2.08. The van der Waals surface area contributed by atoms with Crippen LogP contribution in [-0.4, -0.2) is 36.7 Å². The molecule has 0 spiro atoms. The molecule has 0 aromatic carbocycles. The highest BCUT2D eigenvalue weighted by Gasteiger charge is 2.17. The Labute approximate surface area is 99.0 Å². The normalized spacial score (nSPS) is 25.4. The van der Waals surface area contributed by atoms with Crippen LogP contribution in [0.15, 0.2) is 0 Å². The van der Waals surface area contributed by atoms with Gasteiger partial charge in [-0.25, -0.2) is 0 Å². The Morgan fingerprint density at radius 1 is 1.40 bits per heavy atom. The molecule has 0 aromatic rings. The Morgan fingerprint density at radius 2 is 2.20 bits per heavy atom. The summed E-state index contributed by atoms with van der Waals surface area (Å²) in [5, 5.41) is 7.25. The average molecular weight is 230 g/mol. The zero-order chi connectivity index (χ0) is 11.1. The topological polar surface area (TPSA) is 24.1 Å². The first-order chi connectivity index (χ1) is 7.22. The van der Waals surface area contributed by atoms with E-state index in [1.807, 2.05) is 11.8 Å². The Morgan fingerprint density at radius 3 is 2.80 bits per heavy atom. The molecule has 1 rings (SSSR count). The van der Waals surface area contributed by atoms with Gasteiger partial charge in [0.2, 0.25) is 0 Å². The van der Waals surface area contributed by atoms with Crippen molar-refractivity contribution in [2.45, 2.75) is 57.7 Å². The minimum Gasteiger partial charge on any atom is -0.314 e. The van der Waals surface area contributed by atoms with Crippen molar-refractivity contribution < 1.29 is 0 Å². The molecule has 15 heavy (non-hydrogen) atoms. The summed E-state index contributed by atoms with van der Waals surface area (Å²) >= 11 is 1.94. The third-order valence-corrected chi connectivity index (χ3v) is 3.77. The summed E-state index contributed by atoms with van der Waals surface area (Å²) in [6.07, 6.45) is 7.47. The molecule has 0 bridgehead atoms. The zero-order valence-corrected chi connectivity index (χ0v) is 11.2. The van der Waals surface area contributed by atoms with Crippen LogP contribution >= 0.6 is 11.8 Å². The first-order valence-electron chi connectivity index (χ1n) is 6.20. The van der Waals surface area contributed by atoms with E-state index in [1.165, 1.54) is 38.0 Å². The lowest BCUT2D eigenvalue weighted by molar-refractivity contribution is 0.398. The third kappa shape index (κ3) is 5.79. The summed E-state index contributed by atoms with van der Waals surface area (Å²) in [6, 6.07) is 2.08. The molecule has 3 atom stereocenters. The van der Waals surface area contributed by atoms with Crippen molar-refractivity contribution in [1.82, 2.24) is 10.6 Å². The van der Waals surface area contributed by atoms with Gasteiger partial charge in [-0.3, -0.25) is 0 Å². The Bertz CT molecular complexity index is 158. The summed E-state index contributed by atoms with van der Waals surface area (Å²) in [7, 11) is 0. The number of rotatable bonds is 7. The number of nitrogens with one attached hydrogen (secondary N) is 2. The van der Waals surface area contributed by atoms with Crippen molar-refractivity contribution >= 4 is 11.8 Å². The fourth-order valence-electron chi connectivity index (χ4n) is 2.32. The van der Waals surface area contributed by atoms with Gasteiger partial charge in [0.1, 0.15) is 0 Å². The molecule has 0 aliphatic carbocycles. The van der Waals surface area contributed by atoms with Crippen molar-refractivity contribution in [3.8, 4) is 0 Å². The molecule has 1 aliphatic heterocycles. The molecule has 1 aliphatic rings. The maximum Gasteiger partial charge on any atom is 0.00822 e. The number of hydrogen-bond donors (Lipinski definition) is 2. The van der Waals surface area contributed by atoms with E-state index in [1.54, 1.807) is 0 Å². The maximum atomic E-state index is 3.69. The zero-order valence-electron chi connectivity index (χ0n) is 10.4. The van der Waals surface area contributed by atoms with Gasteiger partial charge < -0.3 is 10.6 Å². The van der Waals surface area contributed by atoms with Gasteiger partial charge in [0, 0.05) is 18.1 Å². The van der Waals surface area contributed by atoms with E-state index < -0.39 is 0 Å². The van der Waals surface area contributed by atoms with E-state index in [2.05, 4.69) is 30.7 Å². The van der Waals surface area contributed by atoms with Gasteiger partial charge in [-0.1, -0.05) is 0 Å². The van der Waals surface area contributed by atoms with Crippen molar-refractivity contribution in [2.24, 2.45) is 0 Å². The van der Waals surface area contributed by atoms with Crippen molar-refractivity contribution in [1.29, 1.82) is 0 Å². The number of hydrogen-bond acceptors (Lipinski definition) is 3. The maximum absolute atomic E-state index is 3.69. The summed E-state index contributed by atoms with van der Waals surface area (Å²) in [6.45, 7) is 5.84. The van der Waals surface area contributed by atoms with E-state index in [0.717, 1.165) is 6.04 Å². The lowest BCUT2D eigenvalue weighted by atomic mass is 10.1. The van der Waals surface area contributed by atoms with Gasteiger partial charge in [0.25, 0.3) is 0 Å². The largest absolute Gasteiger partial charge is 0.314 e. The molecule has 2 nitrogen and oxygen atoms in total. The lowest BCUT2D eigenvalue weighted by Gasteiger charge is -2.22. The van der Waals surface area contributed by atoms with Crippen LogP contribution in [0.1, 0.15) is 39.5 Å². The van der Waals surface area contributed by atoms with Crippen LogP contribution in [0.3, 0.4) is 0 Å². The van der Waals surface area contributed by atoms with Crippen LogP contribution in [-0.2, 0) is 0 Å². The molecule has 0 radical (unpaired) electrons. The van der Waals surface area contributed by atoms with Gasteiger partial charge in [-0.15, -0.1) is 0 Å². The molecule has 1 fully saturated rings. The fourth-order valence-corrected chi connectivity index (χ4v) is 2.91. The van der Waals surface area contributed by atoms with Gasteiger partial charge in [-0.05, 0) is 58.1 Å². The van der Waals surface area contributed by atoms with Crippen LogP contribution in [0.2, 0.25) is 0 Å². The predicted octanol–water partition coefficient (Wildman–Crippen LogP) is 2.25. The molecule has 1 heterocycles.